The summed E-state index contributed by atoms with van der Waals surface area (Å²) in [5, 5.41) is 21.2. The molecule has 5 aliphatic rings. The summed E-state index contributed by atoms with van der Waals surface area (Å²) in [4.78, 5) is 38.5. The molecule has 0 amide bonds. The zero-order valence-corrected chi connectivity index (χ0v) is 24.9. The Bertz CT molecular complexity index is 1190. The molecule has 11 nitrogen and oxygen atoms in total. The highest BCUT2D eigenvalue weighted by atomic mass is 16.6. The van der Waals surface area contributed by atoms with Crippen LogP contribution in [-0.4, -0.2) is 95.8 Å². The maximum absolute atomic E-state index is 13.4. The molecule has 2 bridgehead atoms. The second kappa shape index (κ2) is 11.2. The molecular formula is C31H42O11. The largest absolute Gasteiger partial charge is 0.465 e. The van der Waals surface area contributed by atoms with Gasteiger partial charge in [0.25, 0.3) is 0 Å². The van der Waals surface area contributed by atoms with Crippen molar-refractivity contribution in [2.75, 3.05) is 19.8 Å². The van der Waals surface area contributed by atoms with E-state index >= 15 is 0 Å². The number of cyclic esters (lactones) is 1. The summed E-state index contributed by atoms with van der Waals surface area (Å²) in [6.07, 6.45) is 4.82. The van der Waals surface area contributed by atoms with Crippen molar-refractivity contribution in [3.8, 4) is 0 Å². The Labute approximate surface area is 245 Å². The van der Waals surface area contributed by atoms with E-state index in [0.717, 1.165) is 12.0 Å². The highest BCUT2D eigenvalue weighted by molar-refractivity contribution is 5.82. The molecule has 6 unspecified atom stereocenters. The molecule has 0 aromatic carbocycles. The van der Waals surface area contributed by atoms with E-state index in [-0.39, 0.29) is 19.3 Å². The molecule has 10 atom stereocenters. The van der Waals surface area contributed by atoms with Crippen LogP contribution < -0.4 is 0 Å². The molecular weight excluding hydrogens is 548 g/mol. The van der Waals surface area contributed by atoms with Crippen LogP contribution in [-0.2, 0) is 42.8 Å². The Morgan fingerprint density at radius 2 is 1.90 bits per heavy atom. The average Bonchev–Trinajstić information content (AvgIpc) is 3.68. The fourth-order valence-electron chi connectivity index (χ4n) is 7.45. The minimum Gasteiger partial charge on any atom is -0.465 e. The lowest BCUT2D eigenvalue weighted by atomic mass is 9.51. The number of esters is 3. The maximum Gasteiger partial charge on any atom is 0.331 e. The first-order valence-electron chi connectivity index (χ1n) is 14.6. The first-order chi connectivity index (χ1) is 19.8. The molecule has 3 aliphatic heterocycles. The predicted molar refractivity (Wildman–Crippen MR) is 147 cm³/mol. The van der Waals surface area contributed by atoms with Crippen molar-refractivity contribution in [3.63, 3.8) is 0 Å². The summed E-state index contributed by atoms with van der Waals surface area (Å²) in [7, 11) is 0. The van der Waals surface area contributed by atoms with Crippen molar-refractivity contribution in [2.24, 2.45) is 10.8 Å². The van der Waals surface area contributed by atoms with E-state index in [0.29, 0.717) is 19.4 Å². The van der Waals surface area contributed by atoms with Crippen molar-refractivity contribution in [2.45, 2.75) is 108 Å². The minimum atomic E-state index is -1.66. The number of hydrogen-bond acceptors (Lipinski definition) is 11. The van der Waals surface area contributed by atoms with Crippen LogP contribution in [0.25, 0.3) is 0 Å². The van der Waals surface area contributed by atoms with E-state index in [2.05, 4.69) is 13.0 Å². The lowest BCUT2D eigenvalue weighted by Crippen LogP contribution is -2.66. The summed E-state index contributed by atoms with van der Waals surface area (Å²) < 4.78 is 36.0. The van der Waals surface area contributed by atoms with Crippen LogP contribution >= 0.6 is 0 Å². The van der Waals surface area contributed by atoms with Crippen molar-refractivity contribution < 1.29 is 53.0 Å². The van der Waals surface area contributed by atoms with Gasteiger partial charge in [0, 0.05) is 24.8 Å². The molecule has 0 radical (unpaired) electrons. The summed E-state index contributed by atoms with van der Waals surface area (Å²) in [5.41, 5.74) is -2.67. The van der Waals surface area contributed by atoms with Gasteiger partial charge in [-0.1, -0.05) is 36.8 Å². The third kappa shape index (κ3) is 5.13. The zero-order valence-electron chi connectivity index (χ0n) is 24.9. The van der Waals surface area contributed by atoms with E-state index in [1.54, 1.807) is 6.08 Å². The molecule has 232 valence electrons. The molecule has 0 aromatic heterocycles. The Morgan fingerprint density at radius 3 is 2.57 bits per heavy atom. The van der Waals surface area contributed by atoms with Crippen LogP contribution in [0, 0.1) is 10.8 Å². The number of aliphatic hydroxyl groups excluding tert-OH is 2. The number of rotatable bonds is 2. The average molecular weight is 591 g/mol. The molecule has 0 aromatic rings. The van der Waals surface area contributed by atoms with Crippen molar-refractivity contribution in [3.05, 3.63) is 36.0 Å². The van der Waals surface area contributed by atoms with Gasteiger partial charge in [0.15, 0.2) is 0 Å². The Hall–Kier alpha value is -2.57. The number of carbonyl (C=O) groups is 3. The van der Waals surface area contributed by atoms with Crippen molar-refractivity contribution in [1.29, 1.82) is 0 Å². The second-order valence-corrected chi connectivity index (χ2v) is 12.8. The molecule has 3 fully saturated rings. The zero-order chi connectivity index (χ0) is 30.5. The normalized spacial score (nSPS) is 46.2. The SMILES string of the molecule is CC(=O)OC1(C)CC(=O)OC[C@]23CCC(C)=CC2OC2C[C@@H](OC(=O)/C=C\C=C/[C@H](C(C)O)OCC1O)C3(C)[C@@]21CO1. The van der Waals surface area contributed by atoms with Crippen molar-refractivity contribution in [1.82, 2.24) is 0 Å². The Kier molecular flexibility index (Phi) is 8.21. The van der Waals surface area contributed by atoms with Gasteiger partial charge in [0.2, 0.25) is 0 Å². The molecule has 42 heavy (non-hydrogen) atoms. The minimum absolute atomic E-state index is 0.0475. The monoisotopic (exact) mass is 590 g/mol. The number of epoxide rings is 1. The van der Waals surface area contributed by atoms with Gasteiger partial charge in [-0.15, -0.1) is 0 Å². The number of allylic oxidation sites excluding steroid dienone is 3. The number of ether oxygens (including phenoxy) is 6. The smallest absolute Gasteiger partial charge is 0.331 e. The van der Waals surface area contributed by atoms with Gasteiger partial charge in [-0.2, -0.15) is 0 Å². The van der Waals surface area contributed by atoms with Gasteiger partial charge in [-0.3, -0.25) is 9.59 Å². The van der Waals surface area contributed by atoms with E-state index in [9.17, 15) is 24.6 Å². The lowest BCUT2D eigenvalue weighted by molar-refractivity contribution is -0.234. The number of aliphatic hydroxyl groups is 2. The number of hydrogen-bond donors (Lipinski definition) is 2. The summed E-state index contributed by atoms with van der Waals surface area (Å²) in [6.45, 7) is 8.28. The van der Waals surface area contributed by atoms with Gasteiger partial charge < -0.3 is 38.6 Å². The van der Waals surface area contributed by atoms with Gasteiger partial charge in [0.1, 0.15) is 36.1 Å². The van der Waals surface area contributed by atoms with Gasteiger partial charge in [-0.05, 0) is 33.6 Å². The van der Waals surface area contributed by atoms with E-state index < -0.39 is 76.9 Å². The Morgan fingerprint density at radius 1 is 1.17 bits per heavy atom. The summed E-state index contributed by atoms with van der Waals surface area (Å²) in [6, 6.07) is 0. The molecule has 2 N–H and O–H groups in total. The standard InChI is InChI=1S/C31H42O11/c1-18-10-11-30-16-38-27(36)14-28(4,42-20(3)33)22(34)15-37-21(19(2)32)8-6-7-9-26(35)41-23-13-25(40-24(30)12-18)31(17-39-31)29(23,30)5/h6-9,12,19,21-25,32,34H,10-11,13-17H2,1-5H3/b8-6-,9-7-/t19?,21-,22?,23-,24?,25?,28?,29?,30-,31-/m1/s1. The topological polar surface area (TPSA) is 150 Å². The highest BCUT2D eigenvalue weighted by Crippen LogP contribution is 2.72. The quantitative estimate of drug-likeness (QED) is 0.211. The van der Waals surface area contributed by atoms with Gasteiger partial charge in [-0.25, -0.2) is 4.79 Å². The fourth-order valence-corrected chi connectivity index (χ4v) is 7.45. The predicted octanol–water partition coefficient (Wildman–Crippen LogP) is 2.08. The van der Waals surface area contributed by atoms with Crippen LogP contribution in [0.1, 0.15) is 60.3 Å². The second-order valence-electron chi connectivity index (χ2n) is 12.8. The van der Waals surface area contributed by atoms with Crippen LogP contribution in [0.3, 0.4) is 0 Å². The highest BCUT2D eigenvalue weighted by Gasteiger charge is 2.83. The summed E-state index contributed by atoms with van der Waals surface area (Å²) in [5.74, 6) is -1.90. The molecule has 2 aliphatic carbocycles. The van der Waals surface area contributed by atoms with E-state index in [1.807, 2.05) is 6.92 Å². The maximum atomic E-state index is 13.4. The molecule has 1 saturated carbocycles. The molecule has 3 heterocycles. The Balaban J connectivity index is 1.53. The lowest BCUT2D eigenvalue weighted by Gasteiger charge is -2.58. The molecule has 5 rings (SSSR count). The summed E-state index contributed by atoms with van der Waals surface area (Å²) >= 11 is 0. The van der Waals surface area contributed by atoms with Crippen LogP contribution in [0.4, 0.5) is 0 Å². The van der Waals surface area contributed by atoms with Crippen LogP contribution in [0.2, 0.25) is 0 Å². The van der Waals surface area contributed by atoms with Crippen LogP contribution in [0.5, 0.6) is 0 Å². The number of carbonyl (C=O) groups excluding carboxylic acids is 3. The third-order valence-corrected chi connectivity index (χ3v) is 10.1. The first kappa shape index (κ1) is 30.9. The van der Waals surface area contributed by atoms with E-state index in [4.69, 9.17) is 28.4 Å². The first-order valence-corrected chi connectivity index (χ1v) is 14.6. The van der Waals surface area contributed by atoms with Crippen molar-refractivity contribution >= 4 is 17.9 Å². The van der Waals surface area contributed by atoms with Crippen LogP contribution in [0.15, 0.2) is 36.0 Å². The van der Waals surface area contributed by atoms with E-state index in [1.165, 1.54) is 39.0 Å². The third-order valence-electron chi connectivity index (χ3n) is 10.1. The van der Waals surface area contributed by atoms with Gasteiger partial charge >= 0.3 is 17.9 Å². The van der Waals surface area contributed by atoms with Gasteiger partial charge in [0.05, 0.1) is 43.4 Å². The molecule has 11 heteroatoms. The fraction of sp³-hybridized carbons (Fsp3) is 0.710. The molecule has 2 spiro atoms. The molecule has 2 saturated heterocycles.